The Morgan fingerprint density at radius 1 is 1.07 bits per heavy atom. The van der Waals surface area contributed by atoms with Crippen molar-refractivity contribution in [1.29, 1.82) is 0 Å². The fourth-order valence-electron chi connectivity index (χ4n) is 2.79. The molecule has 1 aliphatic heterocycles. The highest BCUT2D eigenvalue weighted by Gasteiger charge is 2.15. The van der Waals surface area contributed by atoms with Gasteiger partial charge in [0.25, 0.3) is 5.91 Å². The van der Waals surface area contributed by atoms with Crippen LogP contribution in [0, 0.1) is 0 Å². The van der Waals surface area contributed by atoms with Crippen molar-refractivity contribution in [3.63, 3.8) is 0 Å². The van der Waals surface area contributed by atoms with E-state index in [-0.39, 0.29) is 17.5 Å². The smallest absolute Gasteiger partial charge is 0.276 e. The van der Waals surface area contributed by atoms with Crippen LogP contribution < -0.4 is 20.3 Å². The van der Waals surface area contributed by atoms with Gasteiger partial charge in [-0.2, -0.15) is 0 Å². The third kappa shape index (κ3) is 5.40. The molecule has 8 nitrogen and oxygen atoms in total. The molecule has 2 heterocycles. The van der Waals surface area contributed by atoms with Gasteiger partial charge in [0.2, 0.25) is 5.91 Å². The normalized spacial score (nSPS) is 13.3. The van der Waals surface area contributed by atoms with Crippen molar-refractivity contribution in [1.82, 2.24) is 15.5 Å². The van der Waals surface area contributed by atoms with E-state index in [1.165, 1.54) is 6.92 Å². The third-order valence-electron chi connectivity index (χ3n) is 4.17. The number of rotatable bonds is 7. The summed E-state index contributed by atoms with van der Waals surface area (Å²) in [4.78, 5) is 25.3. The molecule has 0 atom stereocenters. The summed E-state index contributed by atoms with van der Waals surface area (Å²) in [6.45, 7) is 4.25. The van der Waals surface area contributed by atoms with Crippen LogP contribution in [0.15, 0.2) is 36.4 Å². The molecule has 8 heteroatoms. The Balaban J connectivity index is 1.50. The first-order valence-corrected chi connectivity index (χ1v) is 8.99. The van der Waals surface area contributed by atoms with Gasteiger partial charge in [-0.05, 0) is 49.2 Å². The van der Waals surface area contributed by atoms with Crippen molar-refractivity contribution in [3.05, 3.63) is 42.1 Å². The second-order valence-corrected chi connectivity index (χ2v) is 6.28. The Bertz CT molecular complexity index is 771. The number of carbonyl (C=O) groups excluding carboxylic acids is 2. The summed E-state index contributed by atoms with van der Waals surface area (Å²) in [5.74, 6) is 1.07. The van der Waals surface area contributed by atoms with Gasteiger partial charge in [0, 0.05) is 25.7 Å². The Kier molecular flexibility index (Phi) is 6.19. The molecule has 0 aliphatic carbocycles. The van der Waals surface area contributed by atoms with E-state index in [9.17, 15) is 9.59 Å². The fraction of sp³-hybridized carbons (Fsp3) is 0.368. The molecule has 0 unspecified atom stereocenters. The van der Waals surface area contributed by atoms with Gasteiger partial charge in [-0.15, -0.1) is 10.2 Å². The van der Waals surface area contributed by atoms with Crippen LogP contribution in [0.2, 0.25) is 0 Å². The summed E-state index contributed by atoms with van der Waals surface area (Å²) in [6.07, 6.45) is 2.33. The number of benzene rings is 1. The summed E-state index contributed by atoms with van der Waals surface area (Å²) >= 11 is 0. The van der Waals surface area contributed by atoms with Crippen LogP contribution in [0.5, 0.6) is 5.75 Å². The predicted molar refractivity (Wildman–Crippen MR) is 102 cm³/mol. The Morgan fingerprint density at radius 2 is 1.81 bits per heavy atom. The van der Waals surface area contributed by atoms with Crippen LogP contribution in [0.3, 0.4) is 0 Å². The van der Waals surface area contributed by atoms with Crippen molar-refractivity contribution in [2.75, 3.05) is 36.5 Å². The summed E-state index contributed by atoms with van der Waals surface area (Å²) in [5, 5.41) is 13.6. The minimum atomic E-state index is -0.310. The lowest BCUT2D eigenvalue weighted by atomic mass is 10.3. The molecule has 2 N–H and O–H groups in total. The van der Waals surface area contributed by atoms with E-state index in [1.807, 2.05) is 6.07 Å². The zero-order valence-electron chi connectivity index (χ0n) is 15.3. The van der Waals surface area contributed by atoms with Gasteiger partial charge in [-0.1, -0.05) is 0 Å². The molecule has 142 valence electrons. The van der Waals surface area contributed by atoms with Crippen molar-refractivity contribution in [3.8, 4) is 5.75 Å². The maximum atomic E-state index is 12.3. The minimum Gasteiger partial charge on any atom is -0.492 e. The van der Waals surface area contributed by atoms with Crippen molar-refractivity contribution < 1.29 is 14.3 Å². The second-order valence-electron chi connectivity index (χ2n) is 6.28. The van der Waals surface area contributed by atoms with Gasteiger partial charge in [0.05, 0.1) is 6.54 Å². The van der Waals surface area contributed by atoms with Crippen molar-refractivity contribution >= 4 is 23.3 Å². The molecular weight excluding hydrogens is 346 g/mol. The standard InChI is InChI=1S/C19H23N5O3/c1-14(25)20-10-13-27-16-6-4-15(5-7-16)21-19(26)17-8-9-18(23-22-17)24-11-2-3-12-24/h4-9H,2-3,10-13H2,1H3,(H,20,25)(H,21,26). The van der Waals surface area contributed by atoms with Crippen LogP contribution in [0.25, 0.3) is 0 Å². The van der Waals surface area contributed by atoms with E-state index in [2.05, 4.69) is 25.7 Å². The number of nitrogens with zero attached hydrogens (tertiary/aromatic N) is 3. The van der Waals surface area contributed by atoms with E-state index in [0.29, 0.717) is 24.6 Å². The quantitative estimate of drug-likeness (QED) is 0.723. The molecule has 0 spiro atoms. The largest absolute Gasteiger partial charge is 0.492 e. The molecule has 1 saturated heterocycles. The van der Waals surface area contributed by atoms with Crippen LogP contribution >= 0.6 is 0 Å². The van der Waals surface area contributed by atoms with E-state index in [4.69, 9.17) is 4.74 Å². The third-order valence-corrected chi connectivity index (χ3v) is 4.17. The molecule has 27 heavy (non-hydrogen) atoms. The predicted octanol–water partition coefficient (Wildman–Crippen LogP) is 1.84. The lowest BCUT2D eigenvalue weighted by Crippen LogP contribution is -2.25. The highest BCUT2D eigenvalue weighted by Crippen LogP contribution is 2.18. The SMILES string of the molecule is CC(=O)NCCOc1ccc(NC(=O)c2ccc(N3CCCC3)nn2)cc1. The number of nitrogens with one attached hydrogen (secondary N) is 2. The number of ether oxygens (including phenoxy) is 1. The molecule has 1 fully saturated rings. The molecule has 0 radical (unpaired) electrons. The molecule has 1 aromatic heterocycles. The van der Waals surface area contributed by atoms with Gasteiger partial charge >= 0.3 is 0 Å². The second kappa shape index (κ2) is 8.98. The Labute approximate surface area is 157 Å². The molecule has 1 aliphatic rings. The number of amides is 2. The Morgan fingerprint density at radius 3 is 2.44 bits per heavy atom. The first-order chi connectivity index (χ1) is 13.1. The highest BCUT2D eigenvalue weighted by molar-refractivity contribution is 6.02. The maximum absolute atomic E-state index is 12.3. The average molecular weight is 369 g/mol. The molecular formula is C19H23N5O3. The monoisotopic (exact) mass is 369 g/mol. The molecule has 1 aromatic carbocycles. The molecule has 3 rings (SSSR count). The summed E-state index contributed by atoms with van der Waals surface area (Å²) in [6, 6.07) is 10.5. The highest BCUT2D eigenvalue weighted by atomic mass is 16.5. The molecule has 2 amide bonds. The van der Waals surface area contributed by atoms with Gasteiger partial charge in [0.1, 0.15) is 12.4 Å². The maximum Gasteiger partial charge on any atom is 0.276 e. The van der Waals surface area contributed by atoms with Crippen LogP contribution in [0.1, 0.15) is 30.3 Å². The van der Waals surface area contributed by atoms with Crippen LogP contribution in [-0.2, 0) is 4.79 Å². The Hall–Kier alpha value is -3.16. The van der Waals surface area contributed by atoms with Gasteiger partial charge in [0.15, 0.2) is 11.5 Å². The van der Waals surface area contributed by atoms with E-state index in [0.717, 1.165) is 31.7 Å². The zero-order chi connectivity index (χ0) is 19.1. The molecule has 0 bridgehead atoms. The van der Waals surface area contributed by atoms with E-state index >= 15 is 0 Å². The van der Waals surface area contributed by atoms with Crippen LogP contribution in [-0.4, -0.2) is 48.3 Å². The van der Waals surface area contributed by atoms with E-state index < -0.39 is 0 Å². The average Bonchev–Trinajstić information content (AvgIpc) is 3.21. The number of hydrogen-bond donors (Lipinski definition) is 2. The van der Waals surface area contributed by atoms with Gasteiger partial charge in [-0.3, -0.25) is 9.59 Å². The first kappa shape index (κ1) is 18.6. The van der Waals surface area contributed by atoms with Crippen molar-refractivity contribution in [2.45, 2.75) is 19.8 Å². The summed E-state index contributed by atoms with van der Waals surface area (Å²) in [5.41, 5.74) is 0.910. The summed E-state index contributed by atoms with van der Waals surface area (Å²) in [7, 11) is 0. The minimum absolute atomic E-state index is 0.0896. The molecule has 0 saturated carbocycles. The summed E-state index contributed by atoms with van der Waals surface area (Å²) < 4.78 is 5.51. The number of anilines is 2. The first-order valence-electron chi connectivity index (χ1n) is 8.99. The lowest BCUT2D eigenvalue weighted by molar-refractivity contribution is -0.119. The van der Waals surface area contributed by atoms with E-state index in [1.54, 1.807) is 30.3 Å². The van der Waals surface area contributed by atoms with Crippen LogP contribution in [0.4, 0.5) is 11.5 Å². The zero-order valence-corrected chi connectivity index (χ0v) is 15.3. The fourth-order valence-corrected chi connectivity index (χ4v) is 2.79. The molecule has 2 aromatic rings. The van der Waals surface area contributed by atoms with Gasteiger partial charge < -0.3 is 20.3 Å². The van der Waals surface area contributed by atoms with Gasteiger partial charge in [-0.25, -0.2) is 0 Å². The lowest BCUT2D eigenvalue weighted by Gasteiger charge is -2.15. The number of carbonyl (C=O) groups is 2. The van der Waals surface area contributed by atoms with Crippen molar-refractivity contribution in [2.24, 2.45) is 0 Å². The number of aromatic nitrogens is 2. The number of hydrogen-bond acceptors (Lipinski definition) is 6. The topological polar surface area (TPSA) is 96.5 Å².